The van der Waals surface area contributed by atoms with Crippen molar-refractivity contribution in [2.24, 2.45) is 0 Å². The second-order valence-electron chi connectivity index (χ2n) is 6.81. The normalized spacial score (nSPS) is 14.4. The van der Waals surface area contributed by atoms with Crippen molar-refractivity contribution in [3.63, 3.8) is 0 Å². The van der Waals surface area contributed by atoms with Gasteiger partial charge in [0, 0.05) is 31.7 Å². The number of carbonyl (C=O) groups excluding carboxylic acids is 1. The lowest BCUT2D eigenvalue weighted by atomic mass is 10.1. The molecule has 1 fully saturated rings. The van der Waals surface area contributed by atoms with Crippen molar-refractivity contribution in [1.29, 1.82) is 0 Å². The Balaban J connectivity index is 1.39. The number of aromatic nitrogens is 3. The van der Waals surface area contributed by atoms with Crippen molar-refractivity contribution < 1.29 is 4.79 Å². The first-order valence-electron chi connectivity index (χ1n) is 9.31. The summed E-state index contributed by atoms with van der Waals surface area (Å²) in [7, 11) is 0. The smallest absolute Gasteiger partial charge is 0.253 e. The first-order valence-corrected chi connectivity index (χ1v) is 9.31. The number of carbonyl (C=O) groups is 1. The molecule has 6 heteroatoms. The lowest BCUT2D eigenvalue weighted by molar-refractivity contribution is 0.0950. The predicted molar refractivity (Wildman–Crippen MR) is 103 cm³/mol. The maximum Gasteiger partial charge on any atom is 0.253 e. The largest absolute Gasteiger partial charge is 0.348 e. The van der Waals surface area contributed by atoms with Crippen LogP contribution in [0.4, 0.5) is 0 Å². The third-order valence-electron chi connectivity index (χ3n) is 4.93. The van der Waals surface area contributed by atoms with Crippen molar-refractivity contribution in [1.82, 2.24) is 24.8 Å². The molecule has 1 aliphatic heterocycles. The topological polar surface area (TPSA) is 63.1 Å². The molecular formula is C21H23N5O. The van der Waals surface area contributed by atoms with Gasteiger partial charge in [-0.2, -0.15) is 0 Å². The average Bonchev–Trinajstić information content (AvgIpc) is 3.41. The SMILES string of the molecule is O=C(NCc1ccccc1CN1CCCC1)c1ccc(-n2ccnc2)nc1. The molecule has 0 atom stereocenters. The van der Waals surface area contributed by atoms with Crippen molar-refractivity contribution in [2.45, 2.75) is 25.9 Å². The molecule has 27 heavy (non-hydrogen) atoms. The summed E-state index contributed by atoms with van der Waals surface area (Å²) in [5.41, 5.74) is 3.00. The summed E-state index contributed by atoms with van der Waals surface area (Å²) in [6.07, 6.45) is 9.35. The molecule has 3 heterocycles. The number of nitrogens with zero attached hydrogens (tertiary/aromatic N) is 4. The van der Waals surface area contributed by atoms with E-state index >= 15 is 0 Å². The second kappa shape index (κ2) is 8.14. The fourth-order valence-electron chi connectivity index (χ4n) is 3.41. The predicted octanol–water partition coefficient (Wildman–Crippen LogP) is 2.79. The van der Waals surface area contributed by atoms with E-state index in [9.17, 15) is 4.79 Å². The number of likely N-dealkylation sites (tertiary alicyclic amines) is 1. The first-order chi connectivity index (χ1) is 13.3. The number of hydrogen-bond donors (Lipinski definition) is 1. The highest BCUT2D eigenvalue weighted by Gasteiger charge is 2.14. The van der Waals surface area contributed by atoms with E-state index in [4.69, 9.17) is 0 Å². The summed E-state index contributed by atoms with van der Waals surface area (Å²) in [5.74, 6) is 0.621. The lowest BCUT2D eigenvalue weighted by Gasteiger charge is -2.17. The van der Waals surface area contributed by atoms with Crippen LogP contribution in [0.2, 0.25) is 0 Å². The number of pyridine rings is 1. The molecule has 0 aliphatic carbocycles. The van der Waals surface area contributed by atoms with E-state index in [0.29, 0.717) is 12.1 Å². The third kappa shape index (κ3) is 4.23. The van der Waals surface area contributed by atoms with Crippen LogP contribution in [-0.4, -0.2) is 38.4 Å². The van der Waals surface area contributed by atoms with E-state index in [-0.39, 0.29) is 5.91 Å². The summed E-state index contributed by atoms with van der Waals surface area (Å²) in [4.78, 5) is 23.3. The number of rotatable bonds is 6. The lowest BCUT2D eigenvalue weighted by Crippen LogP contribution is -2.25. The second-order valence-corrected chi connectivity index (χ2v) is 6.81. The number of imidazole rings is 1. The zero-order valence-electron chi connectivity index (χ0n) is 15.2. The maximum absolute atomic E-state index is 12.5. The Morgan fingerprint density at radius 2 is 1.89 bits per heavy atom. The van der Waals surface area contributed by atoms with Crippen LogP contribution in [0.1, 0.15) is 34.3 Å². The molecule has 4 rings (SSSR count). The highest BCUT2D eigenvalue weighted by atomic mass is 16.1. The van der Waals surface area contributed by atoms with E-state index in [0.717, 1.165) is 25.5 Å². The van der Waals surface area contributed by atoms with E-state index in [1.165, 1.54) is 24.0 Å². The van der Waals surface area contributed by atoms with E-state index in [2.05, 4.69) is 38.4 Å². The Kier molecular flexibility index (Phi) is 5.25. The van der Waals surface area contributed by atoms with Gasteiger partial charge in [-0.3, -0.25) is 14.3 Å². The summed E-state index contributed by atoms with van der Waals surface area (Å²) >= 11 is 0. The van der Waals surface area contributed by atoms with Gasteiger partial charge < -0.3 is 5.32 Å². The molecule has 0 unspecified atom stereocenters. The van der Waals surface area contributed by atoms with Gasteiger partial charge in [-0.1, -0.05) is 24.3 Å². The zero-order chi connectivity index (χ0) is 18.5. The molecule has 1 aliphatic rings. The monoisotopic (exact) mass is 361 g/mol. The summed E-state index contributed by atoms with van der Waals surface area (Å²) in [6, 6.07) is 11.9. The van der Waals surface area contributed by atoms with Gasteiger partial charge in [0.05, 0.1) is 5.56 Å². The molecule has 1 N–H and O–H groups in total. The van der Waals surface area contributed by atoms with Crippen LogP contribution in [0.5, 0.6) is 0 Å². The Hall–Kier alpha value is -2.99. The van der Waals surface area contributed by atoms with Crippen molar-refractivity contribution in [3.8, 4) is 5.82 Å². The minimum absolute atomic E-state index is 0.115. The number of benzene rings is 1. The van der Waals surface area contributed by atoms with Gasteiger partial charge >= 0.3 is 0 Å². The van der Waals surface area contributed by atoms with Crippen LogP contribution in [0.15, 0.2) is 61.3 Å². The quantitative estimate of drug-likeness (QED) is 0.733. The van der Waals surface area contributed by atoms with Gasteiger partial charge in [0.1, 0.15) is 12.1 Å². The molecule has 2 aromatic heterocycles. The first kappa shape index (κ1) is 17.4. The molecule has 1 aromatic carbocycles. The highest BCUT2D eigenvalue weighted by molar-refractivity contribution is 5.93. The van der Waals surface area contributed by atoms with E-state index in [1.807, 2.05) is 18.3 Å². The zero-order valence-corrected chi connectivity index (χ0v) is 15.2. The summed E-state index contributed by atoms with van der Waals surface area (Å²) < 4.78 is 1.80. The van der Waals surface area contributed by atoms with E-state index < -0.39 is 0 Å². The van der Waals surface area contributed by atoms with Gasteiger partial charge in [0.15, 0.2) is 0 Å². The van der Waals surface area contributed by atoms with Crippen LogP contribution in [0.3, 0.4) is 0 Å². The molecule has 0 bridgehead atoms. The Labute approximate surface area is 158 Å². The molecule has 6 nitrogen and oxygen atoms in total. The van der Waals surface area contributed by atoms with Crippen LogP contribution in [0, 0.1) is 0 Å². The van der Waals surface area contributed by atoms with Gasteiger partial charge in [0.2, 0.25) is 0 Å². The fourth-order valence-corrected chi connectivity index (χ4v) is 3.41. The van der Waals surface area contributed by atoms with Gasteiger partial charge in [-0.15, -0.1) is 0 Å². The number of hydrogen-bond acceptors (Lipinski definition) is 4. The van der Waals surface area contributed by atoms with Crippen LogP contribution in [0.25, 0.3) is 5.82 Å². The minimum atomic E-state index is -0.115. The Morgan fingerprint density at radius 3 is 2.59 bits per heavy atom. The minimum Gasteiger partial charge on any atom is -0.348 e. The molecule has 3 aromatic rings. The summed E-state index contributed by atoms with van der Waals surface area (Å²) in [6.45, 7) is 3.80. The molecule has 138 valence electrons. The Morgan fingerprint density at radius 1 is 1.07 bits per heavy atom. The van der Waals surface area contributed by atoms with Crippen molar-refractivity contribution in [3.05, 3.63) is 78.0 Å². The molecule has 0 saturated carbocycles. The third-order valence-corrected chi connectivity index (χ3v) is 4.93. The molecule has 0 radical (unpaired) electrons. The Bertz CT molecular complexity index is 883. The molecule has 1 saturated heterocycles. The van der Waals surface area contributed by atoms with Crippen LogP contribution in [-0.2, 0) is 13.1 Å². The van der Waals surface area contributed by atoms with Crippen molar-refractivity contribution in [2.75, 3.05) is 13.1 Å². The standard InChI is InChI=1S/C21H23N5O/c27-21(18-7-8-20(23-14-18)26-12-9-22-16-26)24-13-17-5-1-2-6-19(17)15-25-10-3-4-11-25/h1-2,5-9,12,14,16H,3-4,10-11,13,15H2,(H,24,27). The average molecular weight is 361 g/mol. The molecule has 1 amide bonds. The van der Waals surface area contributed by atoms with Crippen LogP contribution < -0.4 is 5.32 Å². The van der Waals surface area contributed by atoms with Gasteiger partial charge in [-0.05, 0) is 49.2 Å². The van der Waals surface area contributed by atoms with Gasteiger partial charge in [-0.25, -0.2) is 9.97 Å². The maximum atomic E-state index is 12.5. The van der Waals surface area contributed by atoms with Crippen molar-refractivity contribution >= 4 is 5.91 Å². The molecular weight excluding hydrogens is 338 g/mol. The number of nitrogens with one attached hydrogen (secondary N) is 1. The summed E-state index contributed by atoms with van der Waals surface area (Å²) in [5, 5.41) is 3.02. The highest BCUT2D eigenvalue weighted by Crippen LogP contribution is 2.16. The van der Waals surface area contributed by atoms with Crippen LogP contribution >= 0.6 is 0 Å². The molecule has 0 spiro atoms. The van der Waals surface area contributed by atoms with E-state index in [1.54, 1.807) is 29.4 Å². The fraction of sp³-hybridized carbons (Fsp3) is 0.286. The van der Waals surface area contributed by atoms with Gasteiger partial charge in [0.25, 0.3) is 5.91 Å². The number of amides is 1.